The van der Waals surface area contributed by atoms with Crippen LogP contribution in [0.15, 0.2) is 47.0 Å². The summed E-state index contributed by atoms with van der Waals surface area (Å²) in [4.78, 5) is 9.36. The molecule has 0 saturated carbocycles. The van der Waals surface area contributed by atoms with Crippen LogP contribution in [0.1, 0.15) is 31.0 Å². The van der Waals surface area contributed by atoms with Gasteiger partial charge in [-0.25, -0.2) is 0 Å². The molecule has 0 spiro atoms. The topological polar surface area (TPSA) is 38.9 Å². The van der Waals surface area contributed by atoms with Crippen molar-refractivity contribution in [1.29, 1.82) is 0 Å². The third-order valence-electron chi connectivity index (χ3n) is 5.14. The number of pyridine rings is 2. The number of benzene rings is 1. The Kier molecular flexibility index (Phi) is 4.38. The van der Waals surface area contributed by atoms with Crippen LogP contribution in [0.25, 0.3) is 33.3 Å². The fraction of sp³-hybridized carbons (Fsp3) is 0.304. The molecule has 3 aromatic heterocycles. The van der Waals surface area contributed by atoms with E-state index in [0.717, 1.165) is 33.3 Å². The molecule has 0 fully saturated rings. The van der Waals surface area contributed by atoms with E-state index in [4.69, 9.17) is 9.40 Å². The number of aryl methyl sites for hydroxylation is 1. The zero-order valence-electron chi connectivity index (χ0n) is 16.9. The Morgan fingerprint density at radius 2 is 1.74 bits per heavy atom. The summed E-state index contributed by atoms with van der Waals surface area (Å²) in [7, 11) is 0. The van der Waals surface area contributed by atoms with Gasteiger partial charge < -0.3 is 0 Å². The number of furan rings is 1. The van der Waals surface area contributed by atoms with Crippen LogP contribution in [-0.2, 0) is 0 Å². The maximum atomic E-state index is 5.93. The van der Waals surface area contributed by atoms with Crippen LogP contribution in [0.3, 0.4) is 0 Å². The molecule has 0 bridgehead atoms. The van der Waals surface area contributed by atoms with Gasteiger partial charge >= 0.3 is 163 Å². The second kappa shape index (κ2) is 6.48. The number of fused-ring (bicyclic) bond motifs is 3. The first-order chi connectivity index (χ1) is 12.7. The van der Waals surface area contributed by atoms with Crippen molar-refractivity contribution in [3.63, 3.8) is 0 Å². The Hall–Kier alpha value is -2.14. The summed E-state index contributed by atoms with van der Waals surface area (Å²) in [6.07, 6.45) is 2.13. The Labute approximate surface area is 163 Å². The zero-order chi connectivity index (χ0) is 19.3. The summed E-state index contributed by atoms with van der Waals surface area (Å²) in [6.45, 7) is 6.53. The number of hydrogen-bond donors (Lipinski definition) is 0. The molecule has 0 atom stereocenters. The average Bonchev–Trinajstić information content (AvgIpc) is 2.96. The van der Waals surface area contributed by atoms with Crippen LogP contribution in [0.4, 0.5) is 0 Å². The van der Waals surface area contributed by atoms with Gasteiger partial charge in [-0.1, -0.05) is 0 Å². The molecule has 3 heterocycles. The first-order valence-corrected chi connectivity index (χ1v) is 16.9. The van der Waals surface area contributed by atoms with Gasteiger partial charge in [0.25, 0.3) is 0 Å². The summed E-state index contributed by atoms with van der Waals surface area (Å²) in [5.41, 5.74) is 6.15. The fourth-order valence-corrected chi connectivity index (χ4v) is 7.16. The minimum absolute atomic E-state index is 0.497. The molecule has 3 nitrogen and oxygen atoms in total. The molecule has 0 radical (unpaired) electrons. The molecule has 0 N–H and O–H groups in total. The van der Waals surface area contributed by atoms with E-state index in [1.807, 2.05) is 19.1 Å². The van der Waals surface area contributed by atoms with Gasteiger partial charge in [0, 0.05) is 0 Å². The van der Waals surface area contributed by atoms with Gasteiger partial charge in [0.05, 0.1) is 0 Å². The third kappa shape index (κ3) is 3.29. The first kappa shape index (κ1) is 18.2. The van der Waals surface area contributed by atoms with Crippen molar-refractivity contribution >= 4 is 39.7 Å². The molecule has 0 aliphatic carbocycles. The molecule has 0 amide bonds. The SMILES string of the molecule is Cc1ccc2c(n1)oc1ccc(-c3cc(C(C)C)[c]([Ge]([CH3])([CH3])[CH3])cn3)cc12. The molecule has 138 valence electrons. The Balaban J connectivity index is 1.89. The van der Waals surface area contributed by atoms with Crippen molar-refractivity contribution in [2.75, 3.05) is 0 Å². The molecule has 1 aromatic carbocycles. The van der Waals surface area contributed by atoms with Gasteiger partial charge in [0.15, 0.2) is 0 Å². The van der Waals surface area contributed by atoms with E-state index in [0.29, 0.717) is 11.6 Å². The van der Waals surface area contributed by atoms with E-state index in [1.54, 1.807) is 0 Å². The zero-order valence-corrected chi connectivity index (χ0v) is 19.0. The molecular weight excluding hydrogens is 393 g/mol. The molecule has 4 rings (SSSR count). The summed E-state index contributed by atoms with van der Waals surface area (Å²) in [5.74, 6) is 7.79. The van der Waals surface area contributed by atoms with E-state index < -0.39 is 13.3 Å². The predicted octanol–water partition coefficient (Wildman–Crippen LogP) is 6.02. The van der Waals surface area contributed by atoms with Crippen molar-refractivity contribution in [2.45, 2.75) is 44.0 Å². The van der Waals surface area contributed by atoms with Gasteiger partial charge in [-0.3, -0.25) is 0 Å². The standard InChI is InChI=1S/C23H26GeN2O/c1-14(2)18-12-21(25-13-20(18)24(4,5)6)16-8-10-22-19(11-16)17-9-7-15(3)26-23(17)27-22/h7-14H,1-6H3. The van der Waals surface area contributed by atoms with E-state index in [-0.39, 0.29) is 0 Å². The average molecular weight is 419 g/mol. The van der Waals surface area contributed by atoms with E-state index >= 15 is 0 Å². The fourth-order valence-electron chi connectivity index (χ4n) is 3.64. The van der Waals surface area contributed by atoms with Crippen LogP contribution in [0, 0.1) is 6.92 Å². The third-order valence-corrected chi connectivity index (χ3v) is 9.40. The molecule has 0 saturated heterocycles. The predicted molar refractivity (Wildman–Crippen MR) is 117 cm³/mol. The second-order valence-electron chi connectivity index (χ2n) is 8.68. The number of nitrogens with zero attached hydrogens (tertiary/aromatic N) is 2. The van der Waals surface area contributed by atoms with Gasteiger partial charge in [-0.05, 0) is 0 Å². The van der Waals surface area contributed by atoms with Crippen LogP contribution in [0.5, 0.6) is 0 Å². The van der Waals surface area contributed by atoms with Crippen molar-refractivity contribution in [2.24, 2.45) is 0 Å². The van der Waals surface area contributed by atoms with E-state index in [2.05, 4.69) is 66.6 Å². The Morgan fingerprint density at radius 3 is 2.44 bits per heavy atom. The van der Waals surface area contributed by atoms with E-state index in [9.17, 15) is 0 Å². The van der Waals surface area contributed by atoms with Gasteiger partial charge in [-0.2, -0.15) is 0 Å². The van der Waals surface area contributed by atoms with Gasteiger partial charge in [0.1, 0.15) is 0 Å². The molecule has 4 aromatic rings. The van der Waals surface area contributed by atoms with E-state index in [1.165, 1.54) is 9.96 Å². The Bertz CT molecular complexity index is 1150. The van der Waals surface area contributed by atoms with Crippen LogP contribution < -0.4 is 4.40 Å². The quantitative estimate of drug-likeness (QED) is 0.382. The number of aromatic nitrogens is 2. The second-order valence-corrected chi connectivity index (χ2v) is 19.3. The van der Waals surface area contributed by atoms with Crippen molar-refractivity contribution in [3.8, 4) is 11.3 Å². The van der Waals surface area contributed by atoms with Crippen molar-refractivity contribution < 1.29 is 4.42 Å². The number of hydrogen-bond acceptors (Lipinski definition) is 3. The Morgan fingerprint density at radius 1 is 0.963 bits per heavy atom. The van der Waals surface area contributed by atoms with Crippen molar-refractivity contribution in [3.05, 3.63) is 53.9 Å². The molecule has 0 unspecified atom stereocenters. The summed E-state index contributed by atoms with van der Waals surface area (Å²) in [5, 5.41) is 2.16. The molecule has 4 heteroatoms. The normalized spacial score (nSPS) is 12.4. The van der Waals surface area contributed by atoms with Gasteiger partial charge in [-0.15, -0.1) is 0 Å². The monoisotopic (exact) mass is 420 g/mol. The maximum absolute atomic E-state index is 5.93. The van der Waals surface area contributed by atoms with Crippen molar-refractivity contribution in [1.82, 2.24) is 9.97 Å². The summed E-state index contributed by atoms with van der Waals surface area (Å²) < 4.78 is 7.43. The molecule has 0 aliphatic rings. The molecule has 0 aliphatic heterocycles. The summed E-state index contributed by atoms with van der Waals surface area (Å²) in [6, 6.07) is 12.7. The number of rotatable bonds is 3. The molecule has 27 heavy (non-hydrogen) atoms. The summed E-state index contributed by atoms with van der Waals surface area (Å²) >= 11 is -1.95. The minimum atomic E-state index is -1.95. The first-order valence-electron chi connectivity index (χ1n) is 9.55. The molecular formula is C23H26GeN2O. The van der Waals surface area contributed by atoms with Gasteiger partial charge in [0.2, 0.25) is 0 Å². The van der Waals surface area contributed by atoms with Crippen LogP contribution in [0.2, 0.25) is 17.3 Å². The van der Waals surface area contributed by atoms with Crippen LogP contribution in [-0.4, -0.2) is 23.2 Å². The van der Waals surface area contributed by atoms with Crippen LogP contribution >= 0.6 is 0 Å².